The molecule has 1 fully saturated rings. The van der Waals surface area contributed by atoms with Gasteiger partial charge in [0.1, 0.15) is 0 Å². The summed E-state index contributed by atoms with van der Waals surface area (Å²) in [5.74, 6) is -0.239. The van der Waals surface area contributed by atoms with Gasteiger partial charge in [-0.1, -0.05) is 36.6 Å². The Morgan fingerprint density at radius 1 is 1.45 bits per heavy atom. The largest absolute Gasteiger partial charge is 0.387 e. The topological polar surface area (TPSA) is 75.4 Å². The van der Waals surface area contributed by atoms with Gasteiger partial charge in [-0.2, -0.15) is 0 Å². The minimum atomic E-state index is -0.737. The fraction of sp³-hybridized carbons (Fsp3) is 0.562. The number of carbonyl (C=O) groups is 1. The third-order valence-electron chi connectivity index (χ3n) is 4.30. The molecule has 3 unspecified atom stereocenters. The van der Waals surface area contributed by atoms with Crippen molar-refractivity contribution in [3.05, 3.63) is 34.9 Å². The number of nitrogens with one attached hydrogen (secondary N) is 1. The average Bonchev–Trinajstić information content (AvgIpc) is 2.44. The van der Waals surface area contributed by atoms with Gasteiger partial charge < -0.3 is 16.2 Å². The highest BCUT2D eigenvalue weighted by Gasteiger charge is 2.37. The van der Waals surface area contributed by atoms with Crippen LogP contribution >= 0.6 is 24.0 Å². The summed E-state index contributed by atoms with van der Waals surface area (Å²) < 4.78 is 0. The first kappa shape index (κ1) is 19.2. The van der Waals surface area contributed by atoms with E-state index in [9.17, 15) is 9.90 Å². The molecule has 22 heavy (non-hydrogen) atoms. The lowest BCUT2D eigenvalue weighted by molar-refractivity contribution is -0.128. The quantitative estimate of drug-likeness (QED) is 0.784. The van der Waals surface area contributed by atoms with E-state index in [1.807, 2.05) is 6.92 Å². The summed E-state index contributed by atoms with van der Waals surface area (Å²) in [5.41, 5.74) is 6.50. The molecule has 0 aliphatic heterocycles. The Balaban J connectivity index is 0.00000242. The van der Waals surface area contributed by atoms with Crippen molar-refractivity contribution >= 4 is 29.9 Å². The summed E-state index contributed by atoms with van der Waals surface area (Å²) in [6.07, 6.45) is 3.05. The number of nitrogens with two attached hydrogens (primary N) is 1. The maximum Gasteiger partial charge on any atom is 0.225 e. The molecule has 0 bridgehead atoms. The average molecular weight is 347 g/mol. The predicted molar refractivity (Wildman–Crippen MR) is 91.2 cm³/mol. The molecule has 0 heterocycles. The summed E-state index contributed by atoms with van der Waals surface area (Å²) in [7, 11) is 0. The second-order valence-electron chi connectivity index (χ2n) is 6.12. The highest BCUT2D eigenvalue weighted by molar-refractivity contribution is 6.30. The van der Waals surface area contributed by atoms with Gasteiger partial charge in [-0.05, 0) is 37.5 Å². The van der Waals surface area contributed by atoms with Gasteiger partial charge in [0.05, 0.1) is 12.0 Å². The molecule has 4 N–H and O–H groups in total. The van der Waals surface area contributed by atoms with Crippen LogP contribution in [0.3, 0.4) is 0 Å². The zero-order valence-electron chi connectivity index (χ0n) is 12.7. The van der Waals surface area contributed by atoms with Crippen LogP contribution in [0, 0.1) is 5.92 Å². The number of rotatable bonds is 4. The molecular formula is C16H24Cl2N2O2. The van der Waals surface area contributed by atoms with Gasteiger partial charge >= 0.3 is 0 Å². The summed E-state index contributed by atoms with van der Waals surface area (Å²) >= 11 is 5.81. The van der Waals surface area contributed by atoms with Crippen molar-refractivity contribution in [3.63, 3.8) is 0 Å². The van der Waals surface area contributed by atoms with Crippen LogP contribution in [-0.2, 0) is 4.79 Å². The molecule has 1 saturated carbocycles. The van der Waals surface area contributed by atoms with Gasteiger partial charge in [-0.25, -0.2) is 0 Å². The van der Waals surface area contributed by atoms with Crippen LogP contribution in [0.4, 0.5) is 0 Å². The van der Waals surface area contributed by atoms with Crippen molar-refractivity contribution in [2.75, 3.05) is 6.54 Å². The first-order valence-electron chi connectivity index (χ1n) is 7.40. The van der Waals surface area contributed by atoms with E-state index in [4.69, 9.17) is 17.3 Å². The fourth-order valence-corrected chi connectivity index (χ4v) is 3.04. The Kier molecular flexibility index (Phi) is 7.13. The van der Waals surface area contributed by atoms with Crippen LogP contribution in [0.5, 0.6) is 0 Å². The summed E-state index contributed by atoms with van der Waals surface area (Å²) in [5, 5.41) is 13.5. The van der Waals surface area contributed by atoms with E-state index in [0.717, 1.165) is 31.2 Å². The zero-order chi connectivity index (χ0) is 15.5. The molecule has 1 aromatic rings. The molecule has 0 saturated heterocycles. The molecule has 1 aliphatic carbocycles. The number of aliphatic hydroxyl groups excluding tert-OH is 1. The molecule has 0 spiro atoms. The summed E-state index contributed by atoms with van der Waals surface area (Å²) in [4.78, 5) is 12.3. The smallest absolute Gasteiger partial charge is 0.225 e. The van der Waals surface area contributed by atoms with Crippen molar-refractivity contribution < 1.29 is 9.90 Å². The molecule has 2 rings (SSSR count). The van der Waals surface area contributed by atoms with E-state index in [-0.39, 0.29) is 30.8 Å². The van der Waals surface area contributed by atoms with E-state index in [2.05, 4.69) is 5.32 Å². The van der Waals surface area contributed by atoms with Gasteiger partial charge in [0.25, 0.3) is 0 Å². The molecule has 0 radical (unpaired) electrons. The van der Waals surface area contributed by atoms with E-state index in [1.54, 1.807) is 24.3 Å². The maximum absolute atomic E-state index is 12.3. The SMILES string of the molecule is CC1(N)CCCCC1C(=O)NCC(O)c1ccc(Cl)cc1.Cl. The van der Waals surface area contributed by atoms with Crippen molar-refractivity contribution in [1.29, 1.82) is 0 Å². The van der Waals surface area contributed by atoms with Crippen LogP contribution in [0.2, 0.25) is 5.02 Å². The van der Waals surface area contributed by atoms with Gasteiger partial charge in [-0.15, -0.1) is 12.4 Å². The third kappa shape index (κ3) is 4.85. The van der Waals surface area contributed by atoms with Crippen LogP contribution in [0.1, 0.15) is 44.3 Å². The molecule has 1 aromatic carbocycles. The highest BCUT2D eigenvalue weighted by Crippen LogP contribution is 2.31. The molecule has 6 heteroatoms. The molecule has 1 aliphatic rings. The van der Waals surface area contributed by atoms with Crippen molar-refractivity contribution in [1.82, 2.24) is 5.32 Å². The normalized spacial score (nSPS) is 25.9. The molecular weight excluding hydrogens is 323 g/mol. The first-order chi connectivity index (χ1) is 9.90. The highest BCUT2D eigenvalue weighted by atomic mass is 35.5. The minimum absolute atomic E-state index is 0. The Bertz CT molecular complexity index is 491. The van der Waals surface area contributed by atoms with Crippen molar-refractivity contribution in [3.8, 4) is 0 Å². The van der Waals surface area contributed by atoms with E-state index in [0.29, 0.717) is 5.02 Å². The molecule has 1 amide bonds. The lowest BCUT2D eigenvalue weighted by Gasteiger charge is -2.37. The minimum Gasteiger partial charge on any atom is -0.387 e. The van der Waals surface area contributed by atoms with E-state index in [1.165, 1.54) is 0 Å². The van der Waals surface area contributed by atoms with Crippen molar-refractivity contribution in [2.24, 2.45) is 11.7 Å². The number of halogens is 2. The zero-order valence-corrected chi connectivity index (χ0v) is 14.3. The monoisotopic (exact) mass is 346 g/mol. The van der Waals surface area contributed by atoms with Crippen LogP contribution in [0.25, 0.3) is 0 Å². The predicted octanol–water partition coefficient (Wildman–Crippen LogP) is 2.82. The third-order valence-corrected chi connectivity index (χ3v) is 4.55. The first-order valence-corrected chi connectivity index (χ1v) is 7.78. The van der Waals surface area contributed by atoms with Gasteiger partial charge in [-0.3, -0.25) is 4.79 Å². The molecule has 3 atom stereocenters. The van der Waals surface area contributed by atoms with Gasteiger partial charge in [0.2, 0.25) is 5.91 Å². The lowest BCUT2D eigenvalue weighted by Crippen LogP contribution is -2.53. The summed E-state index contributed by atoms with van der Waals surface area (Å²) in [6, 6.07) is 6.96. The second-order valence-corrected chi connectivity index (χ2v) is 6.55. The van der Waals surface area contributed by atoms with Gasteiger partial charge in [0.15, 0.2) is 0 Å². The van der Waals surface area contributed by atoms with E-state index < -0.39 is 11.6 Å². The number of aliphatic hydroxyl groups is 1. The Morgan fingerprint density at radius 2 is 2.09 bits per heavy atom. The second kappa shape index (κ2) is 8.16. The summed E-state index contributed by atoms with van der Waals surface area (Å²) in [6.45, 7) is 2.12. The number of carbonyl (C=O) groups excluding carboxylic acids is 1. The lowest BCUT2D eigenvalue weighted by atomic mass is 9.74. The molecule has 4 nitrogen and oxygen atoms in total. The number of amides is 1. The maximum atomic E-state index is 12.3. The number of benzene rings is 1. The van der Waals surface area contributed by atoms with E-state index >= 15 is 0 Å². The van der Waals surface area contributed by atoms with Gasteiger partial charge in [0, 0.05) is 17.1 Å². The fourth-order valence-electron chi connectivity index (χ4n) is 2.91. The Hall–Kier alpha value is -0.810. The van der Waals surface area contributed by atoms with Crippen molar-refractivity contribution in [2.45, 2.75) is 44.2 Å². The number of hydrogen-bond acceptors (Lipinski definition) is 3. The molecule has 0 aromatic heterocycles. The Labute approximate surface area is 142 Å². The van der Waals surface area contributed by atoms with Crippen LogP contribution in [0.15, 0.2) is 24.3 Å². The number of hydrogen-bond donors (Lipinski definition) is 3. The van der Waals surface area contributed by atoms with Crippen LogP contribution < -0.4 is 11.1 Å². The molecule has 124 valence electrons. The standard InChI is InChI=1S/C16H23ClN2O2.ClH/c1-16(18)9-3-2-4-13(16)15(21)19-10-14(20)11-5-7-12(17)8-6-11;/h5-8,13-14,20H,2-4,9-10,18H2,1H3,(H,19,21);1H. The Morgan fingerprint density at radius 3 is 2.68 bits per heavy atom. The van der Waals surface area contributed by atoms with Crippen LogP contribution in [-0.4, -0.2) is 23.1 Å².